The fourth-order valence-corrected chi connectivity index (χ4v) is 5.58. The lowest BCUT2D eigenvalue weighted by atomic mass is 9.94. The number of aliphatic hydroxyl groups excluding tert-OH is 1. The number of carbonyl (C=O) groups is 2. The van der Waals surface area contributed by atoms with Gasteiger partial charge in [-0.2, -0.15) is 0 Å². The lowest BCUT2D eigenvalue weighted by Gasteiger charge is -2.27. The molecule has 5 rings (SSSR count). The van der Waals surface area contributed by atoms with Crippen molar-refractivity contribution in [3.05, 3.63) is 129 Å². The zero-order chi connectivity index (χ0) is 26.6. The molecule has 0 saturated heterocycles. The number of benzene rings is 3. The van der Waals surface area contributed by atoms with Gasteiger partial charge in [0.25, 0.3) is 5.91 Å². The number of hydrogen-bond donors (Lipinski definition) is 1. The molecule has 1 unspecified atom stereocenters. The van der Waals surface area contributed by atoms with Crippen molar-refractivity contribution < 1.29 is 19.4 Å². The second-order valence-electron chi connectivity index (χ2n) is 9.22. The van der Waals surface area contributed by atoms with Crippen LogP contribution in [0.25, 0.3) is 0 Å². The molecule has 0 bridgehead atoms. The zero-order valence-corrected chi connectivity index (χ0v) is 22.1. The van der Waals surface area contributed by atoms with E-state index >= 15 is 0 Å². The first kappa shape index (κ1) is 25.4. The molecule has 0 saturated carbocycles. The Morgan fingerprint density at radius 3 is 2.18 bits per heavy atom. The second kappa shape index (κ2) is 11.0. The predicted molar refractivity (Wildman–Crippen MR) is 147 cm³/mol. The summed E-state index contributed by atoms with van der Waals surface area (Å²) in [6, 6.07) is 26.4. The minimum Gasteiger partial charge on any atom is -0.503 e. The van der Waals surface area contributed by atoms with Crippen LogP contribution < -0.4 is 4.74 Å². The van der Waals surface area contributed by atoms with Gasteiger partial charge in [0.2, 0.25) is 5.78 Å². The van der Waals surface area contributed by atoms with Crippen LogP contribution in [0.3, 0.4) is 0 Å². The van der Waals surface area contributed by atoms with Crippen molar-refractivity contribution in [3.63, 3.8) is 0 Å². The standard InChI is InChI=1S/C31H28N2O4S/c1-20-30(38-21(2)32-20)28(34)26-27(33(31(36)29(26)35)18-17-22-9-5-3-6-10-22)24-13-15-25(16-14-24)37-19-23-11-7-4-8-12-23/h3-16,27,35H,17-19H2,1-2H3. The summed E-state index contributed by atoms with van der Waals surface area (Å²) in [6.07, 6.45) is 0.592. The first-order valence-corrected chi connectivity index (χ1v) is 13.3. The van der Waals surface area contributed by atoms with Gasteiger partial charge < -0.3 is 14.7 Å². The number of hydrogen-bond acceptors (Lipinski definition) is 6. The van der Waals surface area contributed by atoms with Crippen LogP contribution in [0.15, 0.2) is 96.3 Å². The molecule has 1 N–H and O–H groups in total. The van der Waals surface area contributed by atoms with E-state index in [2.05, 4.69) is 4.98 Å². The number of aryl methyl sites for hydroxylation is 2. The van der Waals surface area contributed by atoms with Crippen molar-refractivity contribution in [3.8, 4) is 5.75 Å². The number of aliphatic hydroxyl groups is 1. The molecule has 6 nitrogen and oxygen atoms in total. The monoisotopic (exact) mass is 524 g/mol. The van der Waals surface area contributed by atoms with Gasteiger partial charge in [0.05, 0.1) is 27.2 Å². The lowest BCUT2D eigenvalue weighted by molar-refractivity contribution is -0.129. The fourth-order valence-electron chi connectivity index (χ4n) is 4.71. The SMILES string of the molecule is Cc1nc(C)c(C(=O)C2=C(O)C(=O)N(CCc3ccccc3)C2c2ccc(OCc3ccccc3)cc2)s1. The summed E-state index contributed by atoms with van der Waals surface area (Å²) in [4.78, 5) is 33.4. The summed E-state index contributed by atoms with van der Waals surface area (Å²) in [6.45, 7) is 4.38. The van der Waals surface area contributed by atoms with Crippen molar-refractivity contribution in [1.29, 1.82) is 0 Å². The Hall–Kier alpha value is -4.23. The average molecular weight is 525 g/mol. The molecule has 0 fully saturated rings. The molecule has 4 aromatic rings. The van der Waals surface area contributed by atoms with Gasteiger partial charge in [-0.05, 0) is 49.1 Å². The molecular weight excluding hydrogens is 496 g/mol. The van der Waals surface area contributed by atoms with Gasteiger partial charge in [-0.15, -0.1) is 11.3 Å². The number of thiazole rings is 1. The molecule has 0 aliphatic carbocycles. The fraction of sp³-hybridized carbons (Fsp3) is 0.194. The third kappa shape index (κ3) is 5.24. The van der Waals surface area contributed by atoms with Crippen molar-refractivity contribution in [1.82, 2.24) is 9.88 Å². The normalized spacial score (nSPS) is 15.3. The maximum Gasteiger partial charge on any atom is 0.290 e. The number of ether oxygens (including phenoxy) is 1. The van der Waals surface area contributed by atoms with Crippen LogP contribution in [-0.2, 0) is 17.8 Å². The maximum atomic E-state index is 13.7. The molecule has 1 aliphatic heterocycles. The Bertz CT molecular complexity index is 1480. The minimum absolute atomic E-state index is 0.0905. The van der Waals surface area contributed by atoms with Gasteiger partial charge in [0, 0.05) is 6.54 Å². The number of ketones is 1. The van der Waals surface area contributed by atoms with Crippen molar-refractivity contribution in [2.75, 3.05) is 6.54 Å². The summed E-state index contributed by atoms with van der Waals surface area (Å²) in [5, 5.41) is 11.7. The molecule has 1 aromatic heterocycles. The molecular formula is C31H28N2O4S. The van der Waals surface area contributed by atoms with E-state index in [1.807, 2.05) is 91.9 Å². The first-order chi connectivity index (χ1) is 18.4. The number of aromatic nitrogens is 1. The van der Waals surface area contributed by atoms with Crippen LogP contribution in [0.1, 0.15) is 43.1 Å². The topological polar surface area (TPSA) is 79.7 Å². The highest BCUT2D eigenvalue weighted by Crippen LogP contribution is 2.40. The van der Waals surface area contributed by atoms with Crippen molar-refractivity contribution in [2.24, 2.45) is 0 Å². The van der Waals surface area contributed by atoms with Gasteiger partial charge in [0.1, 0.15) is 12.4 Å². The molecule has 192 valence electrons. The quantitative estimate of drug-likeness (QED) is 0.265. The van der Waals surface area contributed by atoms with Gasteiger partial charge >= 0.3 is 0 Å². The van der Waals surface area contributed by atoms with Crippen LogP contribution in [0, 0.1) is 13.8 Å². The van der Waals surface area contributed by atoms with Crippen molar-refractivity contribution >= 4 is 23.0 Å². The molecule has 0 radical (unpaired) electrons. The molecule has 1 atom stereocenters. The zero-order valence-electron chi connectivity index (χ0n) is 21.3. The Morgan fingerprint density at radius 1 is 0.947 bits per heavy atom. The third-order valence-corrected chi connectivity index (χ3v) is 7.66. The van der Waals surface area contributed by atoms with E-state index in [0.29, 0.717) is 35.9 Å². The molecule has 1 aliphatic rings. The lowest BCUT2D eigenvalue weighted by Crippen LogP contribution is -2.33. The minimum atomic E-state index is -0.719. The van der Waals surface area contributed by atoms with Gasteiger partial charge in [-0.3, -0.25) is 9.59 Å². The number of Topliss-reactive ketones (excluding diaryl/α,β-unsaturated/α-hetero) is 1. The van der Waals surface area contributed by atoms with Gasteiger partial charge in [-0.1, -0.05) is 72.8 Å². The maximum absolute atomic E-state index is 13.7. The molecule has 38 heavy (non-hydrogen) atoms. The first-order valence-electron chi connectivity index (χ1n) is 12.5. The Balaban J connectivity index is 1.45. The largest absolute Gasteiger partial charge is 0.503 e. The third-order valence-electron chi connectivity index (χ3n) is 6.59. The van der Waals surface area contributed by atoms with E-state index in [4.69, 9.17) is 4.74 Å². The second-order valence-corrected chi connectivity index (χ2v) is 10.4. The Kier molecular flexibility index (Phi) is 7.38. The highest BCUT2D eigenvalue weighted by molar-refractivity contribution is 7.14. The summed E-state index contributed by atoms with van der Waals surface area (Å²) < 4.78 is 5.93. The molecule has 2 heterocycles. The highest BCUT2D eigenvalue weighted by atomic mass is 32.1. The summed E-state index contributed by atoms with van der Waals surface area (Å²) in [7, 11) is 0. The van der Waals surface area contributed by atoms with E-state index in [1.165, 1.54) is 11.3 Å². The van der Waals surface area contributed by atoms with Crippen LogP contribution in [0.4, 0.5) is 0 Å². The number of nitrogens with zero attached hydrogens (tertiary/aromatic N) is 2. The molecule has 3 aromatic carbocycles. The smallest absolute Gasteiger partial charge is 0.290 e. The van der Waals surface area contributed by atoms with E-state index in [0.717, 1.165) is 21.7 Å². The summed E-state index contributed by atoms with van der Waals surface area (Å²) >= 11 is 1.27. The van der Waals surface area contributed by atoms with Crippen LogP contribution in [-0.4, -0.2) is 33.2 Å². The molecule has 0 spiro atoms. The van der Waals surface area contributed by atoms with E-state index in [9.17, 15) is 14.7 Å². The average Bonchev–Trinajstić information content (AvgIpc) is 3.41. The number of rotatable bonds is 9. The summed E-state index contributed by atoms with van der Waals surface area (Å²) in [5.74, 6) is -0.733. The molecule has 7 heteroatoms. The Morgan fingerprint density at radius 2 is 1.58 bits per heavy atom. The summed E-state index contributed by atoms with van der Waals surface area (Å²) in [5.41, 5.74) is 3.53. The van der Waals surface area contributed by atoms with Gasteiger partial charge in [0.15, 0.2) is 5.76 Å². The van der Waals surface area contributed by atoms with Crippen LogP contribution >= 0.6 is 11.3 Å². The van der Waals surface area contributed by atoms with Crippen LogP contribution in [0.5, 0.6) is 5.75 Å². The van der Waals surface area contributed by atoms with E-state index in [1.54, 1.807) is 11.8 Å². The predicted octanol–water partition coefficient (Wildman–Crippen LogP) is 6.16. The number of amides is 1. The van der Waals surface area contributed by atoms with E-state index in [-0.39, 0.29) is 11.4 Å². The van der Waals surface area contributed by atoms with Crippen LogP contribution in [0.2, 0.25) is 0 Å². The number of carbonyl (C=O) groups excluding carboxylic acids is 2. The Labute approximate surface area is 225 Å². The molecule has 1 amide bonds. The highest BCUT2D eigenvalue weighted by Gasteiger charge is 2.44. The van der Waals surface area contributed by atoms with Gasteiger partial charge in [-0.25, -0.2) is 4.98 Å². The van der Waals surface area contributed by atoms with E-state index < -0.39 is 17.7 Å². The van der Waals surface area contributed by atoms with Crippen molar-refractivity contribution in [2.45, 2.75) is 32.9 Å².